The molecule has 0 aliphatic carbocycles. The van der Waals surface area contributed by atoms with E-state index in [2.05, 4.69) is 15.1 Å². The van der Waals surface area contributed by atoms with E-state index in [-0.39, 0.29) is 5.56 Å². The first-order chi connectivity index (χ1) is 10.8. The number of aryl methyl sites for hydroxylation is 1. The van der Waals surface area contributed by atoms with Gasteiger partial charge in [0.2, 0.25) is 5.78 Å². The van der Waals surface area contributed by atoms with E-state index >= 15 is 0 Å². The second-order valence-corrected chi connectivity index (χ2v) is 4.94. The standard InChI is InChI=1S/C16H13N5O/c1-2-20-15(22)12-9-6-10-17-14(12)21-16(20)18-13(19-21)11-7-4-3-5-8-11/h3-10H,2H2,1H3. The van der Waals surface area contributed by atoms with Gasteiger partial charge in [0.15, 0.2) is 11.5 Å². The van der Waals surface area contributed by atoms with E-state index < -0.39 is 0 Å². The summed E-state index contributed by atoms with van der Waals surface area (Å²) in [5.41, 5.74) is 1.34. The van der Waals surface area contributed by atoms with E-state index in [1.54, 1.807) is 27.4 Å². The highest BCUT2D eigenvalue weighted by Gasteiger charge is 2.15. The van der Waals surface area contributed by atoms with E-state index in [4.69, 9.17) is 0 Å². The number of benzene rings is 1. The van der Waals surface area contributed by atoms with Crippen molar-refractivity contribution in [3.05, 3.63) is 59.0 Å². The maximum atomic E-state index is 12.6. The molecule has 4 aromatic rings. The fourth-order valence-corrected chi connectivity index (χ4v) is 2.58. The number of hydrogen-bond acceptors (Lipinski definition) is 4. The van der Waals surface area contributed by atoms with Crippen molar-refractivity contribution >= 4 is 16.8 Å². The molecule has 108 valence electrons. The monoisotopic (exact) mass is 291 g/mol. The Morgan fingerprint density at radius 3 is 2.68 bits per heavy atom. The maximum Gasteiger partial charge on any atom is 0.264 e. The number of fused-ring (bicyclic) bond motifs is 3. The van der Waals surface area contributed by atoms with Crippen molar-refractivity contribution in [2.45, 2.75) is 13.5 Å². The van der Waals surface area contributed by atoms with Crippen molar-refractivity contribution in [2.75, 3.05) is 0 Å². The summed E-state index contributed by atoms with van der Waals surface area (Å²) in [5, 5.41) is 5.09. The van der Waals surface area contributed by atoms with Crippen molar-refractivity contribution in [3.63, 3.8) is 0 Å². The second-order valence-electron chi connectivity index (χ2n) is 4.94. The first-order valence-electron chi connectivity index (χ1n) is 7.09. The molecule has 6 nitrogen and oxygen atoms in total. The SMILES string of the molecule is CCn1c(=O)c2cccnc2n2nc(-c3ccccc3)nc12. The number of aromatic nitrogens is 5. The van der Waals surface area contributed by atoms with Gasteiger partial charge in [-0.1, -0.05) is 30.3 Å². The molecule has 1 aromatic carbocycles. The molecular formula is C16H13N5O. The zero-order valence-corrected chi connectivity index (χ0v) is 12.0. The first kappa shape index (κ1) is 12.7. The van der Waals surface area contributed by atoms with Gasteiger partial charge in [-0.2, -0.15) is 9.50 Å². The average molecular weight is 291 g/mol. The van der Waals surface area contributed by atoms with Gasteiger partial charge >= 0.3 is 0 Å². The Hall–Kier alpha value is -3.02. The summed E-state index contributed by atoms with van der Waals surface area (Å²) in [4.78, 5) is 21.4. The third-order valence-electron chi connectivity index (χ3n) is 3.64. The zero-order valence-electron chi connectivity index (χ0n) is 12.0. The Bertz CT molecular complexity index is 1030. The van der Waals surface area contributed by atoms with Gasteiger partial charge in [0.1, 0.15) is 0 Å². The van der Waals surface area contributed by atoms with Crippen molar-refractivity contribution in [1.82, 2.24) is 24.1 Å². The van der Waals surface area contributed by atoms with Gasteiger partial charge in [0, 0.05) is 18.3 Å². The minimum Gasteiger partial charge on any atom is -0.277 e. The van der Waals surface area contributed by atoms with Crippen molar-refractivity contribution in [2.24, 2.45) is 0 Å². The molecule has 0 amide bonds. The molecular weight excluding hydrogens is 278 g/mol. The molecule has 0 aliphatic heterocycles. The van der Waals surface area contributed by atoms with Crippen molar-refractivity contribution in [1.29, 1.82) is 0 Å². The molecule has 0 bridgehead atoms. The molecule has 0 radical (unpaired) electrons. The van der Waals surface area contributed by atoms with Crippen molar-refractivity contribution in [3.8, 4) is 11.4 Å². The predicted octanol–water partition coefficient (Wildman–Crippen LogP) is 2.13. The summed E-state index contributed by atoms with van der Waals surface area (Å²) >= 11 is 0. The molecule has 0 aliphatic rings. The van der Waals surface area contributed by atoms with Gasteiger partial charge < -0.3 is 0 Å². The molecule has 3 heterocycles. The van der Waals surface area contributed by atoms with Gasteiger partial charge in [-0.05, 0) is 19.1 Å². The summed E-state index contributed by atoms with van der Waals surface area (Å²) in [6.07, 6.45) is 1.65. The van der Waals surface area contributed by atoms with Crippen LogP contribution in [0, 0.1) is 0 Å². The van der Waals surface area contributed by atoms with Crippen LogP contribution in [-0.4, -0.2) is 24.1 Å². The topological polar surface area (TPSA) is 65.1 Å². The highest BCUT2D eigenvalue weighted by molar-refractivity contribution is 5.76. The van der Waals surface area contributed by atoms with Crippen LogP contribution in [0.2, 0.25) is 0 Å². The fourth-order valence-electron chi connectivity index (χ4n) is 2.58. The number of rotatable bonds is 2. The molecule has 4 rings (SSSR count). The average Bonchev–Trinajstić information content (AvgIpc) is 3.01. The molecule has 0 atom stereocenters. The Balaban J connectivity index is 2.15. The highest BCUT2D eigenvalue weighted by atomic mass is 16.1. The van der Waals surface area contributed by atoms with E-state index in [1.807, 2.05) is 37.3 Å². The van der Waals surface area contributed by atoms with E-state index in [0.29, 0.717) is 29.2 Å². The first-order valence-corrected chi connectivity index (χ1v) is 7.09. The Kier molecular flexibility index (Phi) is 2.75. The third-order valence-corrected chi connectivity index (χ3v) is 3.64. The van der Waals surface area contributed by atoms with Gasteiger partial charge in [0.05, 0.1) is 5.39 Å². The van der Waals surface area contributed by atoms with Crippen LogP contribution in [0.3, 0.4) is 0 Å². The van der Waals surface area contributed by atoms with Crippen LogP contribution >= 0.6 is 0 Å². The van der Waals surface area contributed by atoms with Gasteiger partial charge in [-0.15, -0.1) is 5.10 Å². The minimum atomic E-state index is -0.0925. The van der Waals surface area contributed by atoms with Crippen LogP contribution in [0.1, 0.15) is 6.92 Å². The molecule has 0 N–H and O–H groups in total. The second kappa shape index (κ2) is 4.77. The molecule has 22 heavy (non-hydrogen) atoms. The van der Waals surface area contributed by atoms with Crippen LogP contribution in [0.4, 0.5) is 0 Å². The summed E-state index contributed by atoms with van der Waals surface area (Å²) in [7, 11) is 0. The predicted molar refractivity (Wildman–Crippen MR) is 83.7 cm³/mol. The molecule has 0 saturated heterocycles. The highest BCUT2D eigenvalue weighted by Crippen LogP contribution is 2.17. The Morgan fingerprint density at radius 1 is 1.09 bits per heavy atom. The summed E-state index contributed by atoms with van der Waals surface area (Å²) in [5.74, 6) is 1.10. The van der Waals surface area contributed by atoms with Crippen LogP contribution < -0.4 is 5.56 Å². The van der Waals surface area contributed by atoms with Crippen LogP contribution in [0.5, 0.6) is 0 Å². The maximum absolute atomic E-state index is 12.6. The third kappa shape index (κ3) is 1.74. The van der Waals surface area contributed by atoms with Crippen LogP contribution in [0.15, 0.2) is 53.5 Å². The molecule has 0 unspecified atom stereocenters. The van der Waals surface area contributed by atoms with Gasteiger partial charge in [-0.25, -0.2) is 4.98 Å². The lowest BCUT2D eigenvalue weighted by atomic mass is 10.2. The molecule has 3 aromatic heterocycles. The quantitative estimate of drug-likeness (QED) is 0.567. The summed E-state index contributed by atoms with van der Waals surface area (Å²) < 4.78 is 3.26. The normalized spacial score (nSPS) is 11.3. The smallest absolute Gasteiger partial charge is 0.264 e. The number of hydrogen-bond donors (Lipinski definition) is 0. The number of nitrogens with zero attached hydrogens (tertiary/aromatic N) is 5. The summed E-state index contributed by atoms with van der Waals surface area (Å²) in [6.45, 7) is 2.45. The minimum absolute atomic E-state index is 0.0925. The molecule has 0 saturated carbocycles. The fraction of sp³-hybridized carbons (Fsp3) is 0.125. The Labute approximate surface area is 125 Å². The van der Waals surface area contributed by atoms with Crippen LogP contribution in [-0.2, 0) is 6.54 Å². The van der Waals surface area contributed by atoms with Gasteiger partial charge in [-0.3, -0.25) is 9.36 Å². The molecule has 0 fully saturated rings. The van der Waals surface area contributed by atoms with E-state index in [1.165, 1.54) is 0 Å². The number of pyridine rings is 1. The summed E-state index contributed by atoms with van der Waals surface area (Å²) in [6, 6.07) is 13.2. The van der Waals surface area contributed by atoms with Gasteiger partial charge in [0.25, 0.3) is 5.56 Å². The zero-order chi connectivity index (χ0) is 15.1. The molecule has 6 heteroatoms. The Morgan fingerprint density at radius 2 is 1.91 bits per heavy atom. The van der Waals surface area contributed by atoms with Crippen LogP contribution in [0.25, 0.3) is 28.2 Å². The van der Waals surface area contributed by atoms with E-state index in [9.17, 15) is 4.79 Å². The lowest BCUT2D eigenvalue weighted by Crippen LogP contribution is -2.23. The molecule has 0 spiro atoms. The lowest BCUT2D eigenvalue weighted by Gasteiger charge is -2.05. The van der Waals surface area contributed by atoms with E-state index in [0.717, 1.165) is 5.56 Å². The largest absolute Gasteiger partial charge is 0.277 e. The lowest BCUT2D eigenvalue weighted by molar-refractivity contribution is 0.727. The van der Waals surface area contributed by atoms with Crippen molar-refractivity contribution < 1.29 is 0 Å².